The van der Waals surface area contributed by atoms with Crippen molar-refractivity contribution < 1.29 is 9.53 Å². The lowest BCUT2D eigenvalue weighted by atomic mass is 10.0. The maximum absolute atomic E-state index is 11.6. The standard InChI is InChI=1S/C14H19Cl2NO2/c1-3-10(4-2)8-17-14(18)9-19-13-7-11(15)5-6-12(13)16/h5-7,10H,3-4,8-9H2,1-2H3,(H,17,18). The van der Waals surface area contributed by atoms with Gasteiger partial charge in [-0.1, -0.05) is 49.9 Å². The van der Waals surface area contributed by atoms with Gasteiger partial charge >= 0.3 is 0 Å². The summed E-state index contributed by atoms with van der Waals surface area (Å²) in [5, 5.41) is 3.82. The molecule has 0 bridgehead atoms. The zero-order valence-corrected chi connectivity index (χ0v) is 12.7. The lowest BCUT2D eigenvalue weighted by Crippen LogP contribution is -2.32. The maximum Gasteiger partial charge on any atom is 0.257 e. The summed E-state index contributed by atoms with van der Waals surface area (Å²) in [4.78, 5) is 11.6. The van der Waals surface area contributed by atoms with Crippen LogP contribution in [-0.4, -0.2) is 19.1 Å². The molecule has 106 valence electrons. The predicted molar refractivity (Wildman–Crippen MR) is 79.0 cm³/mol. The number of nitrogens with one attached hydrogen (secondary N) is 1. The number of carbonyl (C=O) groups excluding carboxylic acids is 1. The highest BCUT2D eigenvalue weighted by atomic mass is 35.5. The van der Waals surface area contributed by atoms with Crippen LogP contribution in [0.5, 0.6) is 5.75 Å². The van der Waals surface area contributed by atoms with E-state index in [1.807, 2.05) is 0 Å². The van der Waals surface area contributed by atoms with Crippen molar-refractivity contribution in [2.24, 2.45) is 5.92 Å². The summed E-state index contributed by atoms with van der Waals surface area (Å²) in [5.41, 5.74) is 0. The molecule has 0 aliphatic heterocycles. The molecule has 0 aliphatic carbocycles. The third kappa shape index (κ3) is 5.70. The monoisotopic (exact) mass is 303 g/mol. The largest absolute Gasteiger partial charge is 0.482 e. The fourth-order valence-corrected chi connectivity index (χ4v) is 1.95. The second-order valence-electron chi connectivity index (χ2n) is 4.35. The van der Waals surface area contributed by atoms with Gasteiger partial charge in [-0.25, -0.2) is 0 Å². The van der Waals surface area contributed by atoms with E-state index in [0.717, 1.165) is 12.8 Å². The molecular weight excluding hydrogens is 285 g/mol. The Labute approximate surface area is 124 Å². The van der Waals surface area contributed by atoms with Gasteiger partial charge in [-0.2, -0.15) is 0 Å². The molecule has 1 aromatic rings. The highest BCUT2D eigenvalue weighted by molar-refractivity contribution is 6.34. The molecule has 1 amide bonds. The molecular formula is C14H19Cl2NO2. The summed E-state index contributed by atoms with van der Waals surface area (Å²) in [7, 11) is 0. The SMILES string of the molecule is CCC(CC)CNC(=O)COc1cc(Cl)ccc1Cl. The Kier molecular flexibility index (Phi) is 7.03. The number of rotatable bonds is 7. The van der Waals surface area contributed by atoms with E-state index in [0.29, 0.717) is 28.3 Å². The molecule has 0 heterocycles. The fourth-order valence-electron chi connectivity index (χ4n) is 1.62. The Morgan fingerprint density at radius 3 is 2.63 bits per heavy atom. The van der Waals surface area contributed by atoms with E-state index < -0.39 is 0 Å². The second kappa shape index (κ2) is 8.28. The number of hydrogen-bond acceptors (Lipinski definition) is 2. The van der Waals surface area contributed by atoms with Gasteiger partial charge in [-0.3, -0.25) is 4.79 Å². The molecule has 1 N–H and O–H groups in total. The molecule has 0 atom stereocenters. The molecule has 0 fully saturated rings. The summed E-state index contributed by atoms with van der Waals surface area (Å²) < 4.78 is 5.35. The van der Waals surface area contributed by atoms with Crippen molar-refractivity contribution in [1.29, 1.82) is 0 Å². The highest BCUT2D eigenvalue weighted by Crippen LogP contribution is 2.27. The number of ether oxygens (including phenoxy) is 1. The Morgan fingerprint density at radius 2 is 2.00 bits per heavy atom. The quantitative estimate of drug-likeness (QED) is 0.829. The molecule has 0 saturated heterocycles. The van der Waals surface area contributed by atoms with E-state index in [1.54, 1.807) is 18.2 Å². The van der Waals surface area contributed by atoms with Gasteiger partial charge < -0.3 is 10.1 Å². The summed E-state index contributed by atoms with van der Waals surface area (Å²) in [6, 6.07) is 4.91. The van der Waals surface area contributed by atoms with Gasteiger partial charge in [0.25, 0.3) is 5.91 Å². The van der Waals surface area contributed by atoms with Gasteiger partial charge in [0.15, 0.2) is 6.61 Å². The maximum atomic E-state index is 11.6. The summed E-state index contributed by atoms with van der Waals surface area (Å²) in [6.45, 7) is 4.85. The first-order valence-corrected chi connectivity index (χ1v) is 7.16. The second-order valence-corrected chi connectivity index (χ2v) is 5.19. The number of halogens is 2. The van der Waals surface area contributed by atoms with E-state index in [2.05, 4.69) is 19.2 Å². The van der Waals surface area contributed by atoms with Crippen LogP contribution >= 0.6 is 23.2 Å². The first-order chi connectivity index (χ1) is 9.06. The molecule has 3 nitrogen and oxygen atoms in total. The minimum absolute atomic E-state index is 0.0553. The molecule has 0 saturated carbocycles. The molecule has 5 heteroatoms. The zero-order chi connectivity index (χ0) is 14.3. The average Bonchev–Trinajstić information content (AvgIpc) is 2.41. The van der Waals surface area contributed by atoms with E-state index >= 15 is 0 Å². The van der Waals surface area contributed by atoms with Gasteiger partial charge in [0.1, 0.15) is 5.75 Å². The Morgan fingerprint density at radius 1 is 1.32 bits per heavy atom. The number of amides is 1. The molecule has 0 unspecified atom stereocenters. The summed E-state index contributed by atoms with van der Waals surface area (Å²) >= 11 is 11.8. The van der Waals surface area contributed by atoms with Gasteiger partial charge in [0.05, 0.1) is 5.02 Å². The van der Waals surface area contributed by atoms with Gasteiger partial charge in [-0.15, -0.1) is 0 Å². The van der Waals surface area contributed by atoms with Crippen LogP contribution in [-0.2, 0) is 4.79 Å². The van der Waals surface area contributed by atoms with Crippen molar-refractivity contribution in [2.45, 2.75) is 26.7 Å². The molecule has 19 heavy (non-hydrogen) atoms. The Bertz CT molecular complexity index is 420. The van der Waals surface area contributed by atoms with Crippen LogP contribution in [0.25, 0.3) is 0 Å². The normalized spacial score (nSPS) is 10.6. The van der Waals surface area contributed by atoms with Crippen LogP contribution in [0.2, 0.25) is 10.0 Å². The van der Waals surface area contributed by atoms with E-state index in [4.69, 9.17) is 27.9 Å². The predicted octanol–water partition coefficient (Wildman–Crippen LogP) is 3.92. The van der Waals surface area contributed by atoms with Gasteiger partial charge in [-0.05, 0) is 18.1 Å². The number of benzene rings is 1. The highest BCUT2D eigenvalue weighted by Gasteiger charge is 2.09. The first kappa shape index (κ1) is 16.1. The van der Waals surface area contributed by atoms with Crippen molar-refractivity contribution in [2.75, 3.05) is 13.2 Å². The molecule has 0 aliphatic rings. The van der Waals surface area contributed by atoms with E-state index in [1.165, 1.54) is 0 Å². The lowest BCUT2D eigenvalue weighted by molar-refractivity contribution is -0.123. The summed E-state index contributed by atoms with van der Waals surface area (Å²) in [5.74, 6) is 0.786. The van der Waals surface area contributed by atoms with Crippen LogP contribution in [0.15, 0.2) is 18.2 Å². The molecule has 0 aromatic heterocycles. The van der Waals surface area contributed by atoms with Gasteiger partial charge in [0, 0.05) is 17.6 Å². The van der Waals surface area contributed by atoms with Crippen LogP contribution in [0, 0.1) is 5.92 Å². The average molecular weight is 304 g/mol. The smallest absolute Gasteiger partial charge is 0.257 e. The Hall–Kier alpha value is -0.930. The van der Waals surface area contributed by atoms with Crippen molar-refractivity contribution in [3.8, 4) is 5.75 Å². The summed E-state index contributed by atoms with van der Waals surface area (Å²) in [6.07, 6.45) is 2.11. The Balaban J connectivity index is 2.39. The third-order valence-corrected chi connectivity index (χ3v) is 3.54. The van der Waals surface area contributed by atoms with Crippen LogP contribution < -0.4 is 10.1 Å². The minimum Gasteiger partial charge on any atom is -0.482 e. The van der Waals surface area contributed by atoms with Crippen molar-refractivity contribution in [3.05, 3.63) is 28.2 Å². The first-order valence-electron chi connectivity index (χ1n) is 6.41. The van der Waals surface area contributed by atoms with Crippen LogP contribution in [0.3, 0.4) is 0 Å². The molecule has 1 aromatic carbocycles. The van der Waals surface area contributed by atoms with Crippen molar-refractivity contribution in [1.82, 2.24) is 5.32 Å². The van der Waals surface area contributed by atoms with E-state index in [-0.39, 0.29) is 12.5 Å². The van der Waals surface area contributed by atoms with Crippen molar-refractivity contribution >= 4 is 29.1 Å². The zero-order valence-electron chi connectivity index (χ0n) is 11.2. The van der Waals surface area contributed by atoms with Crippen LogP contribution in [0.4, 0.5) is 0 Å². The van der Waals surface area contributed by atoms with Crippen molar-refractivity contribution in [3.63, 3.8) is 0 Å². The fraction of sp³-hybridized carbons (Fsp3) is 0.500. The van der Waals surface area contributed by atoms with E-state index in [9.17, 15) is 4.79 Å². The minimum atomic E-state index is -0.150. The van der Waals surface area contributed by atoms with Crippen LogP contribution in [0.1, 0.15) is 26.7 Å². The van der Waals surface area contributed by atoms with Gasteiger partial charge in [0.2, 0.25) is 0 Å². The molecule has 1 rings (SSSR count). The third-order valence-electron chi connectivity index (χ3n) is 2.99. The number of hydrogen-bond donors (Lipinski definition) is 1. The molecule has 0 spiro atoms. The number of carbonyl (C=O) groups is 1. The molecule has 0 radical (unpaired) electrons. The lowest BCUT2D eigenvalue weighted by Gasteiger charge is -2.14. The topological polar surface area (TPSA) is 38.3 Å².